The number of rotatable bonds is 6. The summed E-state index contributed by atoms with van der Waals surface area (Å²) in [6, 6.07) is 1.66. The molecule has 1 saturated carbocycles. The first-order chi connectivity index (χ1) is 11.9. The zero-order valence-corrected chi connectivity index (χ0v) is 14.8. The van der Waals surface area contributed by atoms with Crippen LogP contribution in [0.25, 0.3) is 0 Å². The van der Waals surface area contributed by atoms with Crippen LogP contribution < -0.4 is 17.0 Å². The van der Waals surface area contributed by atoms with E-state index in [2.05, 4.69) is 10.2 Å². The van der Waals surface area contributed by atoms with Gasteiger partial charge in [-0.3, -0.25) is 13.9 Å². The topological polar surface area (TPSA) is 110 Å². The summed E-state index contributed by atoms with van der Waals surface area (Å²) in [7, 11) is 3.11. The summed E-state index contributed by atoms with van der Waals surface area (Å²) in [6.07, 6.45) is 1.79. The van der Waals surface area contributed by atoms with E-state index >= 15 is 0 Å². The van der Waals surface area contributed by atoms with Crippen LogP contribution in [0.15, 0.2) is 15.7 Å². The fourth-order valence-corrected chi connectivity index (χ4v) is 3.18. The minimum atomic E-state index is -0.362. The quantitative estimate of drug-likeness (QED) is 0.742. The van der Waals surface area contributed by atoms with Crippen LogP contribution in [0.3, 0.4) is 0 Å². The molecule has 1 fully saturated rings. The lowest BCUT2D eigenvalue weighted by atomic mass is 9.80. The van der Waals surface area contributed by atoms with Crippen molar-refractivity contribution in [3.63, 3.8) is 0 Å². The molecule has 2 N–H and O–H groups in total. The molecule has 3 rings (SSSR count). The van der Waals surface area contributed by atoms with E-state index in [9.17, 15) is 9.59 Å². The number of ether oxygens (including phenoxy) is 1. The molecular formula is C16H24N6O3. The Balaban J connectivity index is 1.96. The minimum Gasteiger partial charge on any atom is -0.383 e. The van der Waals surface area contributed by atoms with Crippen molar-refractivity contribution in [3.05, 3.63) is 44.2 Å². The SMILES string of the molecule is COCCn1c(Cn2c(C)cc(=O)n(C)c2=O)nnc1C1CC(N)C1. The Labute approximate surface area is 145 Å². The third-order valence-electron chi connectivity index (χ3n) is 4.82. The molecule has 0 aliphatic heterocycles. The van der Waals surface area contributed by atoms with Crippen molar-refractivity contribution >= 4 is 0 Å². The minimum absolute atomic E-state index is 0.217. The van der Waals surface area contributed by atoms with Gasteiger partial charge in [0.2, 0.25) is 0 Å². The Morgan fingerprint density at radius 1 is 1.28 bits per heavy atom. The van der Waals surface area contributed by atoms with E-state index < -0.39 is 0 Å². The van der Waals surface area contributed by atoms with Gasteiger partial charge in [0, 0.05) is 44.4 Å². The van der Waals surface area contributed by atoms with Crippen LogP contribution in [0.4, 0.5) is 0 Å². The smallest absolute Gasteiger partial charge is 0.331 e. The Hall–Kier alpha value is -2.26. The predicted octanol–water partition coefficient (Wildman–Crippen LogP) is -0.654. The zero-order chi connectivity index (χ0) is 18.1. The van der Waals surface area contributed by atoms with Crippen LogP contribution in [0, 0.1) is 6.92 Å². The highest BCUT2D eigenvalue weighted by Crippen LogP contribution is 2.34. The third-order valence-corrected chi connectivity index (χ3v) is 4.82. The molecule has 9 nitrogen and oxygen atoms in total. The van der Waals surface area contributed by atoms with Crippen LogP contribution in [0.1, 0.15) is 36.1 Å². The first kappa shape index (κ1) is 17.6. The van der Waals surface area contributed by atoms with Crippen LogP contribution in [-0.2, 0) is 24.9 Å². The second-order valence-electron chi connectivity index (χ2n) is 6.60. The summed E-state index contributed by atoms with van der Waals surface area (Å²) in [4.78, 5) is 24.2. The average Bonchev–Trinajstić information content (AvgIpc) is 2.94. The maximum absolute atomic E-state index is 12.4. The van der Waals surface area contributed by atoms with Gasteiger partial charge in [0.05, 0.1) is 13.2 Å². The largest absolute Gasteiger partial charge is 0.383 e. The second kappa shape index (κ2) is 6.93. The molecule has 0 amide bonds. The third kappa shape index (κ3) is 3.29. The zero-order valence-electron chi connectivity index (χ0n) is 14.8. The first-order valence-corrected chi connectivity index (χ1v) is 8.36. The molecule has 0 aromatic carbocycles. The van der Waals surface area contributed by atoms with E-state index in [0.717, 1.165) is 23.2 Å². The van der Waals surface area contributed by atoms with Gasteiger partial charge < -0.3 is 15.0 Å². The van der Waals surface area contributed by atoms with Crippen molar-refractivity contribution in [1.82, 2.24) is 23.9 Å². The molecule has 1 aliphatic rings. The summed E-state index contributed by atoms with van der Waals surface area (Å²) >= 11 is 0. The second-order valence-corrected chi connectivity index (χ2v) is 6.60. The number of nitrogens with zero attached hydrogens (tertiary/aromatic N) is 5. The van der Waals surface area contributed by atoms with Crippen molar-refractivity contribution in [2.24, 2.45) is 12.8 Å². The van der Waals surface area contributed by atoms with Gasteiger partial charge in [0.1, 0.15) is 5.82 Å². The molecule has 0 spiro atoms. The lowest BCUT2D eigenvalue weighted by molar-refractivity contribution is 0.183. The molecule has 1 aliphatic carbocycles. The van der Waals surface area contributed by atoms with Crippen molar-refractivity contribution in [2.45, 2.75) is 44.8 Å². The van der Waals surface area contributed by atoms with Gasteiger partial charge in [0.15, 0.2) is 5.82 Å². The highest BCUT2D eigenvalue weighted by Gasteiger charge is 2.32. The van der Waals surface area contributed by atoms with Gasteiger partial charge in [-0.05, 0) is 19.8 Å². The van der Waals surface area contributed by atoms with Crippen molar-refractivity contribution in [1.29, 1.82) is 0 Å². The van der Waals surface area contributed by atoms with Gasteiger partial charge in [-0.2, -0.15) is 0 Å². The van der Waals surface area contributed by atoms with Gasteiger partial charge >= 0.3 is 5.69 Å². The standard InChI is InChI=1S/C16H24N6O3/c1-10-6-14(23)20(2)16(24)22(10)9-13-18-19-15(11-7-12(17)8-11)21(13)4-5-25-3/h6,11-12H,4-5,7-9,17H2,1-3H3. The van der Waals surface area contributed by atoms with Crippen molar-refractivity contribution in [2.75, 3.05) is 13.7 Å². The van der Waals surface area contributed by atoms with E-state index in [1.807, 2.05) is 4.57 Å². The lowest BCUT2D eigenvalue weighted by Crippen LogP contribution is -2.39. The fourth-order valence-electron chi connectivity index (χ4n) is 3.18. The molecule has 0 saturated heterocycles. The number of aromatic nitrogens is 5. The van der Waals surface area contributed by atoms with Gasteiger partial charge in [-0.15, -0.1) is 10.2 Å². The summed E-state index contributed by atoms with van der Waals surface area (Å²) in [5, 5.41) is 8.64. The number of nitrogens with two attached hydrogens (primary N) is 1. The van der Waals surface area contributed by atoms with Gasteiger partial charge in [-0.1, -0.05) is 0 Å². The van der Waals surface area contributed by atoms with Crippen molar-refractivity contribution < 1.29 is 4.74 Å². The Morgan fingerprint density at radius 2 is 2.00 bits per heavy atom. The molecule has 136 valence electrons. The lowest BCUT2D eigenvalue weighted by Gasteiger charge is -2.31. The number of hydrogen-bond donors (Lipinski definition) is 1. The number of hydrogen-bond acceptors (Lipinski definition) is 6. The van der Waals surface area contributed by atoms with E-state index in [0.29, 0.717) is 30.6 Å². The van der Waals surface area contributed by atoms with E-state index in [-0.39, 0.29) is 23.8 Å². The van der Waals surface area contributed by atoms with E-state index in [1.165, 1.54) is 17.7 Å². The molecule has 0 atom stereocenters. The average molecular weight is 348 g/mol. The molecule has 2 aromatic heterocycles. The molecule has 2 heterocycles. The van der Waals surface area contributed by atoms with Crippen LogP contribution in [0.2, 0.25) is 0 Å². The highest BCUT2D eigenvalue weighted by atomic mass is 16.5. The van der Waals surface area contributed by atoms with Gasteiger partial charge in [-0.25, -0.2) is 4.79 Å². The molecule has 9 heteroatoms. The maximum Gasteiger partial charge on any atom is 0.331 e. The Bertz CT molecular complexity index is 875. The molecule has 2 aromatic rings. The van der Waals surface area contributed by atoms with Crippen LogP contribution in [-0.4, -0.2) is 43.7 Å². The maximum atomic E-state index is 12.4. The first-order valence-electron chi connectivity index (χ1n) is 8.36. The molecule has 0 unspecified atom stereocenters. The molecule has 25 heavy (non-hydrogen) atoms. The Morgan fingerprint density at radius 3 is 2.64 bits per heavy atom. The number of aryl methyl sites for hydroxylation is 1. The Kier molecular flexibility index (Phi) is 4.87. The normalized spacial score (nSPS) is 19.8. The van der Waals surface area contributed by atoms with E-state index in [4.69, 9.17) is 10.5 Å². The summed E-state index contributed by atoms with van der Waals surface area (Å²) in [6.45, 7) is 3.14. The molecule has 0 radical (unpaired) electrons. The molecule has 0 bridgehead atoms. The van der Waals surface area contributed by atoms with Crippen molar-refractivity contribution in [3.8, 4) is 0 Å². The fraction of sp³-hybridized carbons (Fsp3) is 0.625. The van der Waals surface area contributed by atoms with Crippen LogP contribution >= 0.6 is 0 Å². The summed E-state index contributed by atoms with van der Waals surface area (Å²) in [5.74, 6) is 1.87. The predicted molar refractivity (Wildman–Crippen MR) is 91.6 cm³/mol. The summed E-state index contributed by atoms with van der Waals surface area (Å²) < 4.78 is 9.83. The van der Waals surface area contributed by atoms with Gasteiger partial charge in [0.25, 0.3) is 5.56 Å². The monoisotopic (exact) mass is 348 g/mol. The van der Waals surface area contributed by atoms with E-state index in [1.54, 1.807) is 14.0 Å². The summed E-state index contributed by atoms with van der Waals surface area (Å²) in [5.41, 5.74) is 5.82. The number of methoxy groups -OCH3 is 1. The molecular weight excluding hydrogens is 324 g/mol. The van der Waals surface area contributed by atoms with Crippen LogP contribution in [0.5, 0.6) is 0 Å². The highest BCUT2D eigenvalue weighted by molar-refractivity contribution is 5.10.